The molecule has 4 saturated carbocycles. The second-order valence-electron chi connectivity index (χ2n) is 16.9. The number of nitrogens with zero attached hydrogens (tertiary/aromatic N) is 5. The van der Waals surface area contributed by atoms with Crippen molar-refractivity contribution in [2.24, 2.45) is 17.3 Å². The highest BCUT2D eigenvalue weighted by Gasteiger charge is 2.58. The first kappa shape index (κ1) is 39.7. The van der Waals surface area contributed by atoms with Crippen LogP contribution in [0.1, 0.15) is 76.2 Å². The number of methoxy groups -OCH3 is 1. The van der Waals surface area contributed by atoms with Gasteiger partial charge in [0.25, 0.3) is 5.91 Å². The number of benzene rings is 2. The molecule has 0 spiro atoms. The zero-order valence-corrected chi connectivity index (χ0v) is 34.6. The van der Waals surface area contributed by atoms with E-state index in [4.69, 9.17) is 29.0 Å². The number of pyridine rings is 1. The molecule has 4 aliphatic carbocycles. The molecule has 0 radical (unpaired) electrons. The first-order chi connectivity index (χ1) is 28.7. The SMILES string of the molecule is COCCOCCOCCOC12CC3CC(CC(Cn4ncc(-c5ccc(N6CCc7cccc(C(=O)Nc8nc9ccccc9s8)c7C6)nc5C(=O)O)c4C)(C3)C1)C2. The maximum Gasteiger partial charge on any atom is 0.355 e. The van der Waals surface area contributed by atoms with Crippen molar-refractivity contribution in [3.63, 3.8) is 0 Å². The number of carboxylic acid groups (broad SMARTS) is 1. The summed E-state index contributed by atoms with van der Waals surface area (Å²) >= 11 is 1.44. The van der Waals surface area contributed by atoms with E-state index in [1.165, 1.54) is 30.6 Å². The number of carbonyl (C=O) groups excluding carboxylic acids is 1. The van der Waals surface area contributed by atoms with Crippen LogP contribution in [0.15, 0.2) is 60.8 Å². The molecule has 4 heterocycles. The topological polar surface area (TPSA) is 150 Å². The van der Waals surface area contributed by atoms with Gasteiger partial charge in [0.1, 0.15) is 5.82 Å². The smallest absolute Gasteiger partial charge is 0.355 e. The fourth-order valence-electron chi connectivity index (χ4n) is 10.8. The Morgan fingerprint density at radius 1 is 0.915 bits per heavy atom. The van der Waals surface area contributed by atoms with Crippen molar-refractivity contribution in [2.45, 2.75) is 70.6 Å². The summed E-state index contributed by atoms with van der Waals surface area (Å²) in [5.74, 6) is 0.528. The number of aromatic nitrogens is 4. The highest BCUT2D eigenvalue weighted by molar-refractivity contribution is 7.22. The highest BCUT2D eigenvalue weighted by Crippen LogP contribution is 2.63. The summed E-state index contributed by atoms with van der Waals surface area (Å²) in [5.41, 5.74) is 5.63. The van der Waals surface area contributed by atoms with Gasteiger partial charge in [-0.3, -0.25) is 14.8 Å². The van der Waals surface area contributed by atoms with Gasteiger partial charge in [-0.15, -0.1) is 0 Å². The molecule has 14 heteroatoms. The number of thiazole rings is 1. The molecule has 3 aromatic heterocycles. The summed E-state index contributed by atoms with van der Waals surface area (Å²) in [6.45, 7) is 7.24. The van der Waals surface area contributed by atoms with E-state index in [2.05, 4.69) is 25.9 Å². The van der Waals surface area contributed by atoms with E-state index in [1.807, 2.05) is 55.5 Å². The van der Waals surface area contributed by atoms with Gasteiger partial charge in [-0.05, 0) is 111 Å². The number of carbonyl (C=O) groups is 2. The van der Waals surface area contributed by atoms with Crippen molar-refractivity contribution in [2.75, 3.05) is 63.5 Å². The number of aromatic carboxylic acids is 1. The normalized spacial score (nSPS) is 23.2. The number of hydrogen-bond acceptors (Lipinski definition) is 11. The summed E-state index contributed by atoms with van der Waals surface area (Å²) in [7, 11) is 1.66. The predicted molar refractivity (Wildman–Crippen MR) is 225 cm³/mol. The van der Waals surface area contributed by atoms with Crippen molar-refractivity contribution >= 4 is 44.4 Å². The minimum absolute atomic E-state index is 0.0104. The quantitative estimate of drug-likeness (QED) is 0.0904. The van der Waals surface area contributed by atoms with Crippen LogP contribution in [0.2, 0.25) is 0 Å². The highest BCUT2D eigenvalue weighted by atomic mass is 32.1. The Kier molecular flexibility index (Phi) is 11.3. The average molecular weight is 821 g/mol. The number of hydrogen-bond donors (Lipinski definition) is 2. The molecule has 4 bridgehead atoms. The monoisotopic (exact) mass is 820 g/mol. The molecule has 2 atom stereocenters. The van der Waals surface area contributed by atoms with E-state index in [0.29, 0.717) is 93.1 Å². The summed E-state index contributed by atoms with van der Waals surface area (Å²) in [5, 5.41) is 19.0. The van der Waals surface area contributed by atoms with Gasteiger partial charge in [-0.2, -0.15) is 5.10 Å². The molecule has 4 fully saturated rings. The van der Waals surface area contributed by atoms with E-state index in [0.717, 1.165) is 58.4 Å². The Hall–Kier alpha value is -4.73. The fraction of sp³-hybridized carbons (Fsp3) is 0.489. The zero-order chi connectivity index (χ0) is 40.6. The molecule has 310 valence electrons. The van der Waals surface area contributed by atoms with Gasteiger partial charge in [0.15, 0.2) is 10.8 Å². The number of nitrogens with one attached hydrogen (secondary N) is 1. The first-order valence-corrected chi connectivity index (χ1v) is 21.6. The Labute approximate surface area is 348 Å². The third-order valence-electron chi connectivity index (χ3n) is 12.9. The molecule has 1 amide bonds. The van der Waals surface area contributed by atoms with Gasteiger partial charge in [0, 0.05) is 49.1 Å². The van der Waals surface area contributed by atoms with Crippen LogP contribution >= 0.6 is 11.3 Å². The van der Waals surface area contributed by atoms with E-state index in [1.54, 1.807) is 13.3 Å². The van der Waals surface area contributed by atoms with E-state index in [9.17, 15) is 14.7 Å². The first-order valence-electron chi connectivity index (χ1n) is 20.8. The second kappa shape index (κ2) is 16.7. The van der Waals surface area contributed by atoms with Crippen molar-refractivity contribution in [3.8, 4) is 11.1 Å². The van der Waals surface area contributed by atoms with Crippen LogP contribution < -0.4 is 10.2 Å². The maximum absolute atomic E-state index is 13.6. The van der Waals surface area contributed by atoms with E-state index < -0.39 is 5.97 Å². The number of anilines is 2. The van der Waals surface area contributed by atoms with Gasteiger partial charge in [0.2, 0.25) is 0 Å². The molecule has 2 aromatic carbocycles. The predicted octanol–water partition coefficient (Wildman–Crippen LogP) is 7.41. The maximum atomic E-state index is 13.6. The van der Waals surface area contributed by atoms with Crippen LogP contribution in [0.4, 0.5) is 10.9 Å². The molecule has 13 nitrogen and oxygen atoms in total. The van der Waals surface area contributed by atoms with Crippen LogP contribution in [0.5, 0.6) is 0 Å². The lowest BCUT2D eigenvalue weighted by molar-refractivity contribution is -0.201. The molecule has 59 heavy (non-hydrogen) atoms. The molecule has 1 aliphatic heterocycles. The lowest BCUT2D eigenvalue weighted by atomic mass is 9.48. The van der Waals surface area contributed by atoms with Crippen LogP contribution in [0.25, 0.3) is 21.3 Å². The molecule has 5 aliphatic rings. The van der Waals surface area contributed by atoms with Gasteiger partial charge >= 0.3 is 5.97 Å². The summed E-state index contributed by atoms with van der Waals surface area (Å²) in [4.78, 5) is 37.9. The minimum Gasteiger partial charge on any atom is -0.476 e. The lowest BCUT2D eigenvalue weighted by Crippen LogP contribution is -2.58. The minimum atomic E-state index is -1.09. The summed E-state index contributed by atoms with van der Waals surface area (Å²) < 4.78 is 26.1. The molecule has 0 saturated heterocycles. The van der Waals surface area contributed by atoms with E-state index in [-0.39, 0.29) is 22.6 Å². The molecule has 2 unspecified atom stereocenters. The van der Waals surface area contributed by atoms with Gasteiger partial charge in [-0.1, -0.05) is 35.6 Å². The second-order valence-corrected chi connectivity index (χ2v) is 18.0. The van der Waals surface area contributed by atoms with E-state index >= 15 is 0 Å². The zero-order valence-electron chi connectivity index (χ0n) is 33.8. The Morgan fingerprint density at radius 3 is 2.47 bits per heavy atom. The van der Waals surface area contributed by atoms with Crippen LogP contribution in [0, 0.1) is 24.2 Å². The number of rotatable bonds is 17. The number of carboxylic acids is 1. The van der Waals surface area contributed by atoms with Crippen molar-refractivity contribution < 1.29 is 33.6 Å². The summed E-state index contributed by atoms with van der Waals surface area (Å²) in [6.07, 6.45) is 9.32. The molecule has 10 rings (SSSR count). The lowest BCUT2D eigenvalue weighted by Gasteiger charge is -2.61. The summed E-state index contributed by atoms with van der Waals surface area (Å²) in [6, 6.07) is 17.4. The standard InChI is InChI=1S/C45H52N6O7S/c1-29-35(25-46-51(29)28-44-21-30-20-31(22-44)24-45(23-30,27-44)58-19-18-57-17-16-56-15-14-55-2)33-10-11-39(48-40(33)42(53)54)50-13-12-32-6-5-7-34(36(32)26-50)41(52)49-43-47-37-8-3-4-9-38(37)59-43/h3-11,25,30-31H,12-24,26-28H2,1-2H3,(H,53,54)(H,47,49,52). The van der Waals surface area contributed by atoms with Crippen LogP contribution in [0.3, 0.4) is 0 Å². The number of ether oxygens (including phenoxy) is 4. The molecule has 2 N–H and O–H groups in total. The molecular formula is C45H52N6O7S. The average Bonchev–Trinajstić information content (AvgIpc) is 3.80. The van der Waals surface area contributed by atoms with Gasteiger partial charge in [0.05, 0.1) is 61.7 Å². The Bertz CT molecular complexity index is 2300. The molecule has 5 aromatic rings. The number of amides is 1. The number of fused-ring (bicyclic) bond motifs is 2. The van der Waals surface area contributed by atoms with Crippen molar-refractivity contribution in [3.05, 3.63) is 88.9 Å². The van der Waals surface area contributed by atoms with Gasteiger partial charge < -0.3 is 29.0 Å². The Balaban J connectivity index is 0.882. The largest absolute Gasteiger partial charge is 0.476 e. The Morgan fingerprint density at radius 2 is 1.69 bits per heavy atom. The van der Waals surface area contributed by atoms with Gasteiger partial charge in [-0.25, -0.2) is 14.8 Å². The third kappa shape index (κ3) is 8.25. The van der Waals surface area contributed by atoms with Crippen LogP contribution in [-0.4, -0.2) is 95.6 Å². The molecular weight excluding hydrogens is 769 g/mol. The van der Waals surface area contributed by atoms with Crippen molar-refractivity contribution in [1.82, 2.24) is 19.7 Å². The third-order valence-corrected chi connectivity index (χ3v) is 13.8. The number of para-hydroxylation sites is 1. The fourth-order valence-corrected chi connectivity index (χ4v) is 11.6. The van der Waals surface area contributed by atoms with Crippen molar-refractivity contribution in [1.29, 1.82) is 0 Å². The van der Waals surface area contributed by atoms with Crippen LogP contribution in [-0.2, 0) is 38.5 Å².